The van der Waals surface area contributed by atoms with E-state index in [9.17, 15) is 9.90 Å². The van der Waals surface area contributed by atoms with E-state index in [4.69, 9.17) is 0 Å². The van der Waals surface area contributed by atoms with Crippen LogP contribution in [0.4, 0.5) is 0 Å². The first kappa shape index (κ1) is 13.8. The molecule has 0 unspecified atom stereocenters. The van der Waals surface area contributed by atoms with Crippen LogP contribution in [0.15, 0.2) is 37.1 Å². The Bertz CT molecular complexity index is 595. The van der Waals surface area contributed by atoms with Crippen molar-refractivity contribution in [3.8, 4) is 5.82 Å². The second-order valence-corrected chi connectivity index (χ2v) is 5.25. The fraction of sp³-hybridized carbons (Fsp3) is 0.400. The maximum Gasteiger partial charge on any atom is 0.255 e. The number of likely N-dealkylation sites (tertiary alicyclic amines) is 1. The number of hydrogen-bond donors (Lipinski definition) is 1. The zero-order chi connectivity index (χ0) is 14.7. The van der Waals surface area contributed by atoms with Crippen LogP contribution in [0.2, 0.25) is 0 Å². The highest BCUT2D eigenvalue weighted by Crippen LogP contribution is 2.14. The number of amides is 1. The van der Waals surface area contributed by atoms with Crippen molar-refractivity contribution in [1.82, 2.24) is 19.4 Å². The number of hydrogen-bond acceptors (Lipinski definition) is 4. The van der Waals surface area contributed by atoms with Gasteiger partial charge in [0.1, 0.15) is 12.1 Å². The molecule has 2 aromatic rings. The average molecular weight is 286 g/mol. The van der Waals surface area contributed by atoms with E-state index >= 15 is 0 Å². The third-order valence-electron chi connectivity index (χ3n) is 3.75. The Morgan fingerprint density at radius 2 is 2.19 bits per heavy atom. The number of rotatable bonds is 2. The van der Waals surface area contributed by atoms with Gasteiger partial charge >= 0.3 is 0 Å². The number of nitrogens with zero attached hydrogens (tertiary/aromatic N) is 4. The summed E-state index contributed by atoms with van der Waals surface area (Å²) in [7, 11) is 0. The van der Waals surface area contributed by atoms with E-state index in [0.717, 1.165) is 18.7 Å². The third-order valence-corrected chi connectivity index (χ3v) is 3.75. The van der Waals surface area contributed by atoms with Crippen LogP contribution in [0.25, 0.3) is 5.82 Å². The summed E-state index contributed by atoms with van der Waals surface area (Å²) < 4.78 is 1.79. The Hall–Kier alpha value is -2.21. The molecule has 0 saturated carbocycles. The molecular weight excluding hydrogens is 268 g/mol. The van der Waals surface area contributed by atoms with Gasteiger partial charge in [0.15, 0.2) is 0 Å². The van der Waals surface area contributed by atoms with Crippen LogP contribution in [0.3, 0.4) is 0 Å². The van der Waals surface area contributed by atoms with Gasteiger partial charge in [-0.3, -0.25) is 9.36 Å². The minimum Gasteiger partial charge on any atom is -0.393 e. The summed E-state index contributed by atoms with van der Waals surface area (Å²) in [6.45, 7) is 1.29. The van der Waals surface area contributed by atoms with Gasteiger partial charge in [-0.15, -0.1) is 0 Å². The molecule has 3 rings (SSSR count). The summed E-state index contributed by atoms with van der Waals surface area (Å²) >= 11 is 0. The molecule has 3 heterocycles. The second-order valence-electron chi connectivity index (χ2n) is 5.25. The summed E-state index contributed by atoms with van der Waals surface area (Å²) in [5.41, 5.74) is 0.579. The van der Waals surface area contributed by atoms with Gasteiger partial charge in [-0.1, -0.05) is 0 Å². The smallest absolute Gasteiger partial charge is 0.255 e. The van der Waals surface area contributed by atoms with Gasteiger partial charge < -0.3 is 10.0 Å². The van der Waals surface area contributed by atoms with Crippen LogP contribution in [-0.4, -0.2) is 49.6 Å². The molecule has 0 radical (unpaired) electrons. The summed E-state index contributed by atoms with van der Waals surface area (Å²) in [5.74, 6) is 0.712. The molecule has 1 aliphatic heterocycles. The van der Waals surface area contributed by atoms with E-state index < -0.39 is 0 Å². The van der Waals surface area contributed by atoms with E-state index in [0.29, 0.717) is 25.1 Å². The molecule has 1 amide bonds. The molecule has 6 heteroatoms. The molecule has 21 heavy (non-hydrogen) atoms. The number of aliphatic hydroxyl groups is 1. The van der Waals surface area contributed by atoms with Crippen LogP contribution < -0.4 is 0 Å². The Labute approximate surface area is 123 Å². The lowest BCUT2D eigenvalue weighted by molar-refractivity contribution is 0.0752. The van der Waals surface area contributed by atoms with Crippen molar-refractivity contribution in [3.05, 3.63) is 42.6 Å². The van der Waals surface area contributed by atoms with Crippen LogP contribution >= 0.6 is 0 Å². The van der Waals surface area contributed by atoms with Crippen LogP contribution in [0.1, 0.15) is 29.6 Å². The normalized spacial score (nSPS) is 19.3. The molecule has 1 atom stereocenters. The summed E-state index contributed by atoms with van der Waals surface area (Å²) in [6, 6.07) is 3.59. The predicted octanol–water partition coefficient (Wildman–Crippen LogP) is 1.25. The number of aromatic nitrogens is 3. The van der Waals surface area contributed by atoms with Gasteiger partial charge in [-0.25, -0.2) is 9.97 Å². The van der Waals surface area contributed by atoms with Crippen LogP contribution in [0, 0.1) is 0 Å². The lowest BCUT2D eigenvalue weighted by atomic mass is 10.2. The highest BCUT2D eigenvalue weighted by molar-refractivity contribution is 5.94. The SMILES string of the molecule is O=C(c1ccc(-n2ccnc2)nc1)N1CCC[C@@H](O)CC1. The molecule has 0 spiro atoms. The van der Waals surface area contributed by atoms with E-state index in [2.05, 4.69) is 9.97 Å². The van der Waals surface area contributed by atoms with Gasteiger partial charge in [0.25, 0.3) is 5.91 Å². The fourth-order valence-electron chi connectivity index (χ4n) is 2.52. The molecule has 1 N–H and O–H groups in total. The quantitative estimate of drug-likeness (QED) is 0.902. The minimum atomic E-state index is -0.287. The molecule has 0 aliphatic carbocycles. The molecule has 0 bridgehead atoms. The average Bonchev–Trinajstić information content (AvgIpc) is 2.96. The van der Waals surface area contributed by atoms with Crippen molar-refractivity contribution >= 4 is 5.91 Å². The van der Waals surface area contributed by atoms with Crippen molar-refractivity contribution in [3.63, 3.8) is 0 Å². The molecule has 1 fully saturated rings. The van der Waals surface area contributed by atoms with Crippen molar-refractivity contribution in [2.45, 2.75) is 25.4 Å². The van der Waals surface area contributed by atoms with Crippen LogP contribution in [0.5, 0.6) is 0 Å². The molecule has 1 saturated heterocycles. The first-order valence-corrected chi connectivity index (χ1v) is 7.16. The van der Waals surface area contributed by atoms with Crippen LogP contribution in [-0.2, 0) is 0 Å². The van der Waals surface area contributed by atoms with E-state index in [-0.39, 0.29) is 12.0 Å². The topological polar surface area (TPSA) is 71.2 Å². The van der Waals surface area contributed by atoms with Crippen molar-refractivity contribution in [2.75, 3.05) is 13.1 Å². The van der Waals surface area contributed by atoms with E-state index in [1.165, 1.54) is 0 Å². The molecular formula is C15H18N4O2. The van der Waals surface area contributed by atoms with Gasteiger partial charge in [-0.05, 0) is 31.4 Å². The molecule has 6 nitrogen and oxygen atoms in total. The van der Waals surface area contributed by atoms with Gasteiger partial charge in [0.2, 0.25) is 0 Å². The fourth-order valence-corrected chi connectivity index (χ4v) is 2.52. The Kier molecular flexibility index (Phi) is 3.96. The Morgan fingerprint density at radius 1 is 1.29 bits per heavy atom. The predicted molar refractivity (Wildman–Crippen MR) is 77.1 cm³/mol. The second kappa shape index (κ2) is 6.05. The Morgan fingerprint density at radius 3 is 2.90 bits per heavy atom. The number of carbonyl (C=O) groups is 1. The van der Waals surface area contributed by atoms with Crippen molar-refractivity contribution in [1.29, 1.82) is 0 Å². The zero-order valence-corrected chi connectivity index (χ0v) is 11.7. The van der Waals surface area contributed by atoms with Crippen molar-refractivity contribution < 1.29 is 9.90 Å². The number of pyridine rings is 1. The maximum absolute atomic E-state index is 12.4. The summed E-state index contributed by atoms with van der Waals surface area (Å²) in [6.07, 6.45) is 8.72. The molecule has 2 aromatic heterocycles. The summed E-state index contributed by atoms with van der Waals surface area (Å²) in [5, 5.41) is 9.64. The third kappa shape index (κ3) is 3.11. The standard InChI is InChI=1S/C15H18N4O2/c20-13-2-1-7-18(8-5-13)15(21)12-3-4-14(17-10-12)19-9-6-16-11-19/h3-4,6,9-11,13,20H,1-2,5,7-8H2/t13-/m1/s1. The molecule has 110 valence electrons. The minimum absolute atomic E-state index is 0.0196. The van der Waals surface area contributed by atoms with E-state index in [1.807, 2.05) is 6.07 Å². The van der Waals surface area contributed by atoms with Gasteiger partial charge in [0, 0.05) is 31.7 Å². The zero-order valence-electron chi connectivity index (χ0n) is 11.7. The number of carbonyl (C=O) groups excluding carboxylic acids is 1. The largest absolute Gasteiger partial charge is 0.393 e. The molecule has 0 aromatic carbocycles. The van der Waals surface area contributed by atoms with E-state index in [1.54, 1.807) is 40.5 Å². The summed E-state index contributed by atoms with van der Waals surface area (Å²) in [4.78, 5) is 22.5. The van der Waals surface area contributed by atoms with Gasteiger partial charge in [0.05, 0.1) is 11.7 Å². The van der Waals surface area contributed by atoms with Gasteiger partial charge in [-0.2, -0.15) is 0 Å². The highest BCUT2D eigenvalue weighted by Gasteiger charge is 2.20. The Balaban J connectivity index is 1.73. The lowest BCUT2D eigenvalue weighted by Crippen LogP contribution is -2.32. The highest BCUT2D eigenvalue weighted by atomic mass is 16.3. The molecule has 1 aliphatic rings. The van der Waals surface area contributed by atoms with Crippen molar-refractivity contribution in [2.24, 2.45) is 0 Å². The maximum atomic E-state index is 12.4. The first-order chi connectivity index (χ1) is 10.2. The number of aliphatic hydroxyl groups excluding tert-OH is 1. The monoisotopic (exact) mass is 286 g/mol. The number of imidazole rings is 1. The first-order valence-electron chi connectivity index (χ1n) is 7.16. The lowest BCUT2D eigenvalue weighted by Gasteiger charge is -2.20.